The average Bonchev–Trinajstić information content (AvgIpc) is 3.14. The molecule has 0 spiro atoms. The Labute approximate surface area is 316 Å². The quantitative estimate of drug-likeness (QED) is 0.0274. The number of rotatable bonds is 34. The second-order valence-electron chi connectivity index (χ2n) is 14.9. The molecular formula is C42H79NO9. The molecule has 1 rings (SSSR count). The first kappa shape index (κ1) is 48.6. The fourth-order valence-electron chi connectivity index (χ4n) is 6.55. The van der Waals surface area contributed by atoms with E-state index in [1.807, 2.05) is 6.08 Å². The summed E-state index contributed by atoms with van der Waals surface area (Å²) in [6, 6.07) is -0.980. The van der Waals surface area contributed by atoms with Gasteiger partial charge in [-0.25, -0.2) is 0 Å². The van der Waals surface area contributed by atoms with Crippen LogP contribution in [0.2, 0.25) is 0 Å². The Hall–Kier alpha value is -1.37. The maximum absolute atomic E-state index is 12.9. The minimum Gasteiger partial charge on any atom is -0.394 e. The van der Waals surface area contributed by atoms with E-state index >= 15 is 0 Å². The molecule has 8 atom stereocenters. The van der Waals surface area contributed by atoms with Crippen molar-refractivity contribution in [1.82, 2.24) is 5.32 Å². The molecule has 1 aliphatic rings. The minimum atomic E-state index is -1.61. The number of amides is 1. The molecule has 7 N–H and O–H groups in total. The lowest BCUT2D eigenvalue weighted by atomic mass is 9.99. The lowest BCUT2D eigenvalue weighted by Gasteiger charge is -2.40. The van der Waals surface area contributed by atoms with Crippen LogP contribution in [0.15, 0.2) is 24.3 Å². The Kier molecular flexibility index (Phi) is 30.9. The van der Waals surface area contributed by atoms with Crippen molar-refractivity contribution in [3.8, 4) is 0 Å². The highest BCUT2D eigenvalue weighted by molar-refractivity contribution is 5.80. The second-order valence-corrected chi connectivity index (χ2v) is 14.9. The van der Waals surface area contributed by atoms with Crippen LogP contribution in [0.3, 0.4) is 0 Å². The summed E-state index contributed by atoms with van der Waals surface area (Å²) < 4.78 is 11.1. The van der Waals surface area contributed by atoms with Gasteiger partial charge in [-0.2, -0.15) is 0 Å². The van der Waals surface area contributed by atoms with E-state index in [1.54, 1.807) is 6.08 Å². The predicted octanol–water partition coefficient (Wildman–Crippen LogP) is 6.91. The molecule has 306 valence electrons. The molecule has 8 unspecified atom stereocenters. The van der Waals surface area contributed by atoms with Crippen LogP contribution in [-0.2, 0) is 14.3 Å². The van der Waals surface area contributed by atoms with E-state index < -0.39 is 61.5 Å². The molecule has 0 aromatic heterocycles. The third-order valence-corrected chi connectivity index (χ3v) is 10.1. The van der Waals surface area contributed by atoms with Gasteiger partial charge in [-0.3, -0.25) is 4.79 Å². The Morgan fingerprint density at radius 2 is 1.13 bits per heavy atom. The molecule has 10 nitrogen and oxygen atoms in total. The molecule has 1 heterocycles. The fourth-order valence-corrected chi connectivity index (χ4v) is 6.55. The van der Waals surface area contributed by atoms with E-state index in [4.69, 9.17) is 9.47 Å². The highest BCUT2D eigenvalue weighted by Crippen LogP contribution is 2.22. The zero-order valence-electron chi connectivity index (χ0n) is 32.9. The van der Waals surface area contributed by atoms with Crippen LogP contribution < -0.4 is 5.32 Å². The van der Waals surface area contributed by atoms with Crippen molar-refractivity contribution < 1.29 is 44.9 Å². The molecule has 0 radical (unpaired) electrons. The number of allylic oxidation sites excluding steroid dienone is 3. The normalized spacial score (nSPS) is 22.7. The van der Waals surface area contributed by atoms with Crippen molar-refractivity contribution in [1.29, 1.82) is 0 Å². The number of hydrogen-bond donors (Lipinski definition) is 7. The van der Waals surface area contributed by atoms with Gasteiger partial charge >= 0.3 is 0 Å². The molecule has 0 aromatic carbocycles. The van der Waals surface area contributed by atoms with Gasteiger partial charge in [0.25, 0.3) is 0 Å². The first-order valence-electron chi connectivity index (χ1n) is 21.2. The van der Waals surface area contributed by atoms with Crippen LogP contribution in [0.25, 0.3) is 0 Å². The van der Waals surface area contributed by atoms with E-state index in [2.05, 4.69) is 31.3 Å². The largest absolute Gasteiger partial charge is 0.394 e. The predicted molar refractivity (Wildman–Crippen MR) is 209 cm³/mol. The van der Waals surface area contributed by atoms with Gasteiger partial charge in [0.2, 0.25) is 5.91 Å². The molecule has 0 aliphatic carbocycles. The number of nitrogens with one attached hydrogen (secondary N) is 1. The van der Waals surface area contributed by atoms with Gasteiger partial charge in [0, 0.05) is 0 Å². The highest BCUT2D eigenvalue weighted by atomic mass is 16.7. The lowest BCUT2D eigenvalue weighted by molar-refractivity contribution is -0.302. The molecular weight excluding hydrogens is 662 g/mol. The Morgan fingerprint density at radius 1 is 0.654 bits per heavy atom. The standard InChI is InChI=1S/C42H79NO9/c1-3-5-7-9-11-13-15-16-17-18-19-20-21-23-24-26-28-30-35(45)34(33-51-42-40(49)39(48)38(47)37(32-44)52-42)43-41(50)36(46)31-29-27-25-22-14-12-10-8-6-4-2/h10,12,28,30,34-40,42,44-49H,3-9,11,13-27,29,31-33H2,1-2H3,(H,43,50)/b12-10-,30-28+. The molecule has 0 aromatic rings. The molecule has 0 bridgehead atoms. The summed E-state index contributed by atoms with van der Waals surface area (Å²) in [7, 11) is 0. The van der Waals surface area contributed by atoms with Crippen molar-refractivity contribution in [2.75, 3.05) is 13.2 Å². The number of aliphatic hydroxyl groups is 6. The molecule has 10 heteroatoms. The molecule has 1 aliphatic heterocycles. The lowest BCUT2D eigenvalue weighted by Crippen LogP contribution is -2.60. The van der Waals surface area contributed by atoms with Crippen molar-refractivity contribution in [2.24, 2.45) is 0 Å². The van der Waals surface area contributed by atoms with Gasteiger partial charge in [0.1, 0.15) is 30.5 Å². The molecule has 1 fully saturated rings. The molecule has 0 saturated carbocycles. The Morgan fingerprint density at radius 3 is 1.67 bits per heavy atom. The third-order valence-electron chi connectivity index (χ3n) is 10.1. The van der Waals surface area contributed by atoms with Crippen molar-refractivity contribution in [2.45, 2.75) is 223 Å². The van der Waals surface area contributed by atoms with Crippen LogP contribution in [0.5, 0.6) is 0 Å². The Balaban J connectivity index is 2.47. The smallest absolute Gasteiger partial charge is 0.249 e. The van der Waals surface area contributed by atoms with Crippen LogP contribution in [-0.4, -0.2) is 98.7 Å². The average molecular weight is 742 g/mol. The van der Waals surface area contributed by atoms with Crippen molar-refractivity contribution in [3.05, 3.63) is 24.3 Å². The van der Waals surface area contributed by atoms with E-state index in [0.29, 0.717) is 12.8 Å². The summed E-state index contributed by atoms with van der Waals surface area (Å²) in [6.45, 7) is 3.53. The third kappa shape index (κ3) is 23.4. The molecule has 1 saturated heterocycles. The number of carbonyl (C=O) groups excluding carboxylic acids is 1. The summed E-state index contributed by atoms with van der Waals surface area (Å²) in [5.41, 5.74) is 0. The topological polar surface area (TPSA) is 169 Å². The maximum atomic E-state index is 12.9. The summed E-state index contributed by atoms with van der Waals surface area (Å²) in [5.74, 6) is -0.629. The van der Waals surface area contributed by atoms with Crippen LogP contribution in [0, 0.1) is 0 Å². The zero-order chi connectivity index (χ0) is 38.2. The number of ether oxygens (including phenoxy) is 2. The first-order chi connectivity index (χ1) is 25.3. The van der Waals surface area contributed by atoms with Crippen molar-refractivity contribution in [3.63, 3.8) is 0 Å². The number of hydrogen-bond acceptors (Lipinski definition) is 9. The molecule has 52 heavy (non-hydrogen) atoms. The summed E-state index contributed by atoms with van der Waals surface area (Å²) in [4.78, 5) is 12.9. The van der Waals surface area contributed by atoms with Gasteiger partial charge < -0.3 is 45.4 Å². The van der Waals surface area contributed by atoms with Crippen LogP contribution in [0.1, 0.15) is 174 Å². The van der Waals surface area contributed by atoms with Gasteiger partial charge in [0.15, 0.2) is 6.29 Å². The monoisotopic (exact) mass is 742 g/mol. The SMILES string of the molecule is CCCC/C=C\CCCCCCC(O)C(=O)NC(COC1OC(CO)C(O)C(O)C1O)C(O)/C=C/CCCCCCCCCCCCCCCCC. The van der Waals surface area contributed by atoms with Gasteiger partial charge in [0.05, 0.1) is 25.4 Å². The van der Waals surface area contributed by atoms with Crippen molar-refractivity contribution >= 4 is 5.91 Å². The van der Waals surface area contributed by atoms with Gasteiger partial charge in [-0.05, 0) is 38.5 Å². The number of aliphatic hydroxyl groups excluding tert-OH is 6. The highest BCUT2D eigenvalue weighted by Gasteiger charge is 2.44. The summed E-state index contributed by atoms with van der Waals surface area (Å²) in [5, 5.41) is 64.4. The van der Waals surface area contributed by atoms with Crippen LogP contribution >= 0.6 is 0 Å². The van der Waals surface area contributed by atoms with E-state index in [0.717, 1.165) is 51.4 Å². The maximum Gasteiger partial charge on any atom is 0.249 e. The van der Waals surface area contributed by atoms with Gasteiger partial charge in [-0.1, -0.05) is 160 Å². The fraction of sp³-hybridized carbons (Fsp3) is 0.881. The Bertz CT molecular complexity index is 886. The molecule has 1 amide bonds. The summed E-state index contributed by atoms with van der Waals surface area (Å²) >= 11 is 0. The number of unbranched alkanes of at least 4 members (excludes halogenated alkanes) is 21. The second kappa shape index (κ2) is 33.0. The van der Waals surface area contributed by atoms with E-state index in [-0.39, 0.29) is 6.61 Å². The first-order valence-corrected chi connectivity index (χ1v) is 21.2. The van der Waals surface area contributed by atoms with E-state index in [1.165, 1.54) is 96.3 Å². The number of carbonyl (C=O) groups is 1. The van der Waals surface area contributed by atoms with Gasteiger partial charge in [-0.15, -0.1) is 0 Å². The summed E-state index contributed by atoms with van der Waals surface area (Å²) in [6.07, 6.45) is 27.0. The van der Waals surface area contributed by atoms with Crippen LogP contribution in [0.4, 0.5) is 0 Å². The van der Waals surface area contributed by atoms with E-state index in [9.17, 15) is 35.4 Å². The minimum absolute atomic E-state index is 0.295. The zero-order valence-corrected chi connectivity index (χ0v) is 32.9.